The molecule has 4 rings (SSSR count). The molecule has 3 aromatic rings. The number of hydrogen-bond acceptors (Lipinski definition) is 9. The van der Waals surface area contributed by atoms with E-state index >= 15 is 0 Å². The third-order valence-electron chi connectivity index (χ3n) is 4.34. The van der Waals surface area contributed by atoms with E-state index in [4.69, 9.17) is 4.74 Å². The molecule has 10 nitrogen and oxygen atoms in total. The first kappa shape index (κ1) is 19.3. The van der Waals surface area contributed by atoms with Gasteiger partial charge in [0.05, 0.1) is 24.7 Å². The van der Waals surface area contributed by atoms with E-state index in [-0.39, 0.29) is 11.7 Å². The minimum absolute atomic E-state index is 0.135. The summed E-state index contributed by atoms with van der Waals surface area (Å²) in [5.74, 6) is 0.924. The molecule has 0 bridgehead atoms. The summed E-state index contributed by atoms with van der Waals surface area (Å²) < 4.78 is 6.89. The maximum Gasteiger partial charge on any atom is 0.234 e. The molecule has 1 aliphatic rings. The van der Waals surface area contributed by atoms with E-state index in [0.29, 0.717) is 24.1 Å². The Morgan fingerprint density at radius 3 is 2.76 bits per heavy atom. The number of aryl methyl sites for hydroxylation is 1. The minimum atomic E-state index is -0.135. The first-order chi connectivity index (χ1) is 14.2. The number of carbonyl (C=O) groups is 1. The van der Waals surface area contributed by atoms with E-state index in [9.17, 15) is 4.79 Å². The molecule has 0 radical (unpaired) electrons. The second kappa shape index (κ2) is 8.97. The SMILES string of the molecule is Cn1nnnc1SCC(=O)Nc1cccc(-c2ccc(N3CCOCC3)nn2)c1. The van der Waals surface area contributed by atoms with Crippen LogP contribution in [-0.2, 0) is 16.6 Å². The molecule has 1 saturated heterocycles. The highest BCUT2D eigenvalue weighted by atomic mass is 32.2. The summed E-state index contributed by atoms with van der Waals surface area (Å²) in [6.45, 7) is 3.04. The van der Waals surface area contributed by atoms with Gasteiger partial charge in [0.2, 0.25) is 11.1 Å². The Kier molecular flexibility index (Phi) is 5.96. The van der Waals surface area contributed by atoms with Crippen molar-refractivity contribution in [2.45, 2.75) is 5.16 Å². The molecular formula is C18H20N8O2S. The molecule has 0 saturated carbocycles. The summed E-state index contributed by atoms with van der Waals surface area (Å²) >= 11 is 1.28. The van der Waals surface area contributed by atoms with Crippen molar-refractivity contribution in [1.82, 2.24) is 30.4 Å². The van der Waals surface area contributed by atoms with Crippen LogP contribution < -0.4 is 10.2 Å². The first-order valence-corrected chi connectivity index (χ1v) is 10.1. The van der Waals surface area contributed by atoms with Crippen molar-refractivity contribution >= 4 is 29.2 Å². The zero-order chi connectivity index (χ0) is 20.1. The van der Waals surface area contributed by atoms with Crippen LogP contribution in [0.3, 0.4) is 0 Å². The quantitative estimate of drug-likeness (QED) is 0.598. The Balaban J connectivity index is 1.39. The number of aromatic nitrogens is 6. The zero-order valence-electron chi connectivity index (χ0n) is 15.9. The Morgan fingerprint density at radius 2 is 2.03 bits per heavy atom. The summed E-state index contributed by atoms with van der Waals surface area (Å²) in [5.41, 5.74) is 2.33. The van der Waals surface area contributed by atoms with Crippen molar-refractivity contribution in [2.75, 3.05) is 42.3 Å². The molecule has 0 unspecified atom stereocenters. The average Bonchev–Trinajstić information content (AvgIpc) is 3.18. The van der Waals surface area contributed by atoms with Gasteiger partial charge in [-0.2, -0.15) is 0 Å². The predicted molar refractivity (Wildman–Crippen MR) is 109 cm³/mol. The molecule has 11 heteroatoms. The van der Waals surface area contributed by atoms with E-state index in [0.717, 1.165) is 30.2 Å². The van der Waals surface area contributed by atoms with E-state index in [2.05, 4.69) is 35.9 Å². The Morgan fingerprint density at radius 1 is 1.17 bits per heavy atom. The molecule has 0 spiro atoms. The molecule has 1 fully saturated rings. The molecule has 1 N–H and O–H groups in total. The second-order valence-electron chi connectivity index (χ2n) is 6.38. The Labute approximate surface area is 171 Å². The summed E-state index contributed by atoms with van der Waals surface area (Å²) in [4.78, 5) is 14.4. The van der Waals surface area contributed by atoms with Gasteiger partial charge in [-0.3, -0.25) is 4.79 Å². The van der Waals surface area contributed by atoms with Gasteiger partial charge >= 0.3 is 0 Å². The monoisotopic (exact) mass is 412 g/mol. The average molecular weight is 412 g/mol. The molecular weight excluding hydrogens is 392 g/mol. The van der Waals surface area contributed by atoms with Crippen molar-refractivity contribution < 1.29 is 9.53 Å². The van der Waals surface area contributed by atoms with Gasteiger partial charge in [0, 0.05) is 31.4 Å². The van der Waals surface area contributed by atoms with Gasteiger partial charge in [-0.05, 0) is 34.7 Å². The maximum atomic E-state index is 12.2. The van der Waals surface area contributed by atoms with Crippen molar-refractivity contribution in [2.24, 2.45) is 7.05 Å². The van der Waals surface area contributed by atoms with Gasteiger partial charge in [-0.15, -0.1) is 15.3 Å². The largest absolute Gasteiger partial charge is 0.378 e. The van der Waals surface area contributed by atoms with E-state index in [1.54, 1.807) is 7.05 Å². The van der Waals surface area contributed by atoms with Gasteiger partial charge in [-0.1, -0.05) is 23.9 Å². The summed E-state index contributed by atoms with van der Waals surface area (Å²) in [6.07, 6.45) is 0. The minimum Gasteiger partial charge on any atom is -0.378 e. The van der Waals surface area contributed by atoms with Crippen LogP contribution in [0.1, 0.15) is 0 Å². The highest BCUT2D eigenvalue weighted by molar-refractivity contribution is 7.99. The fourth-order valence-electron chi connectivity index (χ4n) is 2.87. The number of rotatable bonds is 6. The van der Waals surface area contributed by atoms with Crippen LogP contribution in [0, 0.1) is 0 Å². The number of nitrogens with one attached hydrogen (secondary N) is 1. The number of carbonyl (C=O) groups excluding carboxylic acids is 1. The van der Waals surface area contributed by atoms with Gasteiger partial charge in [0.1, 0.15) is 0 Å². The number of anilines is 2. The smallest absolute Gasteiger partial charge is 0.234 e. The lowest BCUT2D eigenvalue weighted by Gasteiger charge is -2.27. The molecule has 0 aliphatic carbocycles. The molecule has 1 aliphatic heterocycles. The molecule has 3 heterocycles. The predicted octanol–water partition coefficient (Wildman–Crippen LogP) is 1.23. The molecule has 150 valence electrons. The Hall–Kier alpha value is -3.05. The number of ether oxygens (including phenoxy) is 1. The fourth-order valence-corrected chi connectivity index (χ4v) is 3.52. The van der Waals surface area contributed by atoms with Gasteiger partial charge in [0.25, 0.3) is 0 Å². The van der Waals surface area contributed by atoms with Crippen LogP contribution in [0.25, 0.3) is 11.3 Å². The Bertz CT molecular complexity index is 972. The highest BCUT2D eigenvalue weighted by Gasteiger charge is 2.13. The second-order valence-corrected chi connectivity index (χ2v) is 7.32. The van der Waals surface area contributed by atoms with E-state index in [1.807, 2.05) is 36.4 Å². The first-order valence-electron chi connectivity index (χ1n) is 9.11. The third kappa shape index (κ3) is 4.87. The van der Waals surface area contributed by atoms with Crippen LogP contribution in [0.4, 0.5) is 11.5 Å². The van der Waals surface area contributed by atoms with E-state index < -0.39 is 0 Å². The fraction of sp³-hybridized carbons (Fsp3) is 0.333. The zero-order valence-corrected chi connectivity index (χ0v) is 16.7. The number of benzene rings is 1. The summed E-state index contributed by atoms with van der Waals surface area (Å²) in [5, 5.41) is 23.3. The number of tetrazole rings is 1. The molecule has 2 aromatic heterocycles. The van der Waals surface area contributed by atoms with E-state index in [1.165, 1.54) is 16.4 Å². The standard InChI is InChI=1S/C18H20N8O2S/c1-25-18(22-23-24-25)29-12-17(27)19-14-4-2-3-13(11-14)15-5-6-16(21-20-15)26-7-9-28-10-8-26/h2-6,11H,7-10,12H2,1H3,(H,19,27). The normalized spacial score (nSPS) is 14.0. The summed E-state index contributed by atoms with van der Waals surface area (Å²) in [7, 11) is 1.73. The lowest BCUT2D eigenvalue weighted by molar-refractivity contribution is -0.113. The number of morpholine rings is 1. The number of nitrogens with zero attached hydrogens (tertiary/aromatic N) is 7. The summed E-state index contributed by atoms with van der Waals surface area (Å²) in [6, 6.07) is 11.4. The number of hydrogen-bond donors (Lipinski definition) is 1. The van der Waals surface area contributed by atoms with Crippen LogP contribution in [0.5, 0.6) is 0 Å². The van der Waals surface area contributed by atoms with Crippen LogP contribution in [0.2, 0.25) is 0 Å². The maximum absolute atomic E-state index is 12.2. The van der Waals surface area contributed by atoms with Gasteiger partial charge in [-0.25, -0.2) is 4.68 Å². The van der Waals surface area contributed by atoms with Gasteiger partial charge in [0.15, 0.2) is 5.82 Å². The van der Waals surface area contributed by atoms with Crippen molar-refractivity contribution in [3.8, 4) is 11.3 Å². The number of amides is 1. The molecule has 1 amide bonds. The lowest BCUT2D eigenvalue weighted by atomic mass is 10.1. The molecule has 29 heavy (non-hydrogen) atoms. The topological polar surface area (TPSA) is 111 Å². The van der Waals surface area contributed by atoms with Crippen LogP contribution in [-0.4, -0.2) is 68.4 Å². The van der Waals surface area contributed by atoms with Crippen LogP contribution >= 0.6 is 11.8 Å². The lowest BCUT2D eigenvalue weighted by Crippen LogP contribution is -2.36. The third-order valence-corrected chi connectivity index (χ3v) is 5.35. The van der Waals surface area contributed by atoms with Crippen molar-refractivity contribution in [3.05, 3.63) is 36.4 Å². The van der Waals surface area contributed by atoms with Crippen molar-refractivity contribution in [1.29, 1.82) is 0 Å². The van der Waals surface area contributed by atoms with Crippen LogP contribution in [0.15, 0.2) is 41.6 Å². The van der Waals surface area contributed by atoms with Crippen molar-refractivity contribution in [3.63, 3.8) is 0 Å². The molecule has 1 aromatic carbocycles. The van der Waals surface area contributed by atoms with Gasteiger partial charge < -0.3 is 15.0 Å². The number of thioether (sulfide) groups is 1. The molecule has 0 atom stereocenters. The highest BCUT2D eigenvalue weighted by Crippen LogP contribution is 2.22.